The Morgan fingerprint density at radius 3 is 1.48 bits per heavy atom. The van der Waals surface area contributed by atoms with Crippen molar-refractivity contribution in [1.29, 1.82) is 0 Å². The van der Waals surface area contributed by atoms with E-state index in [0.29, 0.717) is 0 Å². The van der Waals surface area contributed by atoms with Gasteiger partial charge in [-0.2, -0.15) is 0 Å². The molecule has 2 heteroatoms. The van der Waals surface area contributed by atoms with Crippen LogP contribution in [-0.4, -0.2) is 9.13 Å². The van der Waals surface area contributed by atoms with E-state index in [1.54, 1.807) is 0 Å². The van der Waals surface area contributed by atoms with Gasteiger partial charge in [-0.1, -0.05) is 115 Å². The maximum atomic E-state index is 9.78. The van der Waals surface area contributed by atoms with Crippen molar-refractivity contribution < 1.29 is 38.4 Å². The maximum absolute atomic E-state index is 9.78. The van der Waals surface area contributed by atoms with Crippen molar-refractivity contribution in [3.8, 4) is 22.5 Å². The highest BCUT2D eigenvalue weighted by molar-refractivity contribution is 6.29. The molecule has 0 aliphatic carbocycles. The molecule has 0 bridgehead atoms. The normalized spacial score (nSPS) is 20.4. The van der Waals surface area contributed by atoms with E-state index >= 15 is 0 Å². The summed E-state index contributed by atoms with van der Waals surface area (Å²) in [5.74, 6) is 0. The standard InChI is InChI=1S/C44H28N2/c1-3-12-31-26-34(21-20-29(31)10-1)33-14-9-15-35(28-33)45-39-18-7-5-16-37(39)43-41(45)24-25-42-44(43)38-17-6-8-19-40(38)46(42)36-23-22-30-11-2-4-13-32(30)27-36/h1-28H/i1D,2D,3D,4D,5D,6D,7D,8D,9D,10D,11D,12D,13D,14D,15D,16D,17D,18D,19D,20D,21D,22D,23D,24D,25D,26D,27D,28D. The summed E-state index contributed by atoms with van der Waals surface area (Å²) in [4.78, 5) is 0. The summed E-state index contributed by atoms with van der Waals surface area (Å²) in [6, 6.07) is -25.4. The fourth-order valence-electron chi connectivity index (χ4n) is 5.64. The number of fused-ring (bicyclic) bond motifs is 9. The van der Waals surface area contributed by atoms with Crippen LogP contribution in [-0.2, 0) is 0 Å². The van der Waals surface area contributed by atoms with Crippen molar-refractivity contribution in [2.45, 2.75) is 0 Å². The minimum Gasteiger partial charge on any atom is -0.309 e. The van der Waals surface area contributed by atoms with E-state index in [1.807, 2.05) is 0 Å². The molecule has 0 atom stereocenters. The molecule has 0 radical (unpaired) electrons. The number of rotatable bonds is 3. The second-order valence-electron chi connectivity index (χ2n) is 10.0. The molecule has 0 N–H and O–H groups in total. The summed E-state index contributed by atoms with van der Waals surface area (Å²) >= 11 is 0. The van der Waals surface area contributed by atoms with E-state index in [1.165, 1.54) is 0 Å². The highest BCUT2D eigenvalue weighted by atomic mass is 15.0. The van der Waals surface area contributed by atoms with Gasteiger partial charge < -0.3 is 9.13 Å². The molecule has 8 aromatic carbocycles. The van der Waals surface area contributed by atoms with Gasteiger partial charge in [0.1, 0.15) is 0 Å². The fraction of sp³-hybridized carbons (Fsp3) is 0. The van der Waals surface area contributed by atoms with E-state index < -0.39 is 257 Å². The Morgan fingerprint density at radius 2 is 0.826 bits per heavy atom. The lowest BCUT2D eigenvalue weighted by Gasteiger charge is -2.12. The highest BCUT2D eigenvalue weighted by Gasteiger charge is 2.20. The predicted molar refractivity (Wildman–Crippen MR) is 196 cm³/mol. The van der Waals surface area contributed by atoms with Gasteiger partial charge in [-0.25, -0.2) is 0 Å². The molecule has 0 saturated carbocycles. The topological polar surface area (TPSA) is 9.86 Å². The molecule has 46 heavy (non-hydrogen) atoms. The Balaban J connectivity index is 1.51. The molecular formula is C44H28N2. The van der Waals surface area contributed by atoms with Crippen LogP contribution in [0.3, 0.4) is 0 Å². The van der Waals surface area contributed by atoms with E-state index in [0.717, 1.165) is 9.13 Å². The van der Waals surface area contributed by atoms with Gasteiger partial charge in [0.2, 0.25) is 0 Å². The van der Waals surface area contributed by atoms with E-state index in [2.05, 4.69) is 0 Å². The second kappa shape index (κ2) is 9.69. The summed E-state index contributed by atoms with van der Waals surface area (Å²) in [6.07, 6.45) is 0. The van der Waals surface area contributed by atoms with Crippen molar-refractivity contribution >= 4 is 65.2 Å². The maximum Gasteiger partial charge on any atom is 0.0651 e. The first-order chi connectivity index (χ1) is 34.5. The molecule has 0 aliphatic rings. The summed E-state index contributed by atoms with van der Waals surface area (Å²) < 4.78 is 253. The van der Waals surface area contributed by atoms with Crippen molar-refractivity contribution in [1.82, 2.24) is 9.13 Å². The van der Waals surface area contributed by atoms with Crippen LogP contribution in [0.2, 0.25) is 0 Å². The van der Waals surface area contributed by atoms with Crippen molar-refractivity contribution in [2.24, 2.45) is 0 Å². The third kappa shape index (κ3) is 3.65. The molecule has 0 fully saturated rings. The Labute approximate surface area is 305 Å². The molecule has 0 saturated heterocycles. The smallest absolute Gasteiger partial charge is 0.0651 e. The number of hydrogen-bond donors (Lipinski definition) is 0. The van der Waals surface area contributed by atoms with Crippen LogP contribution in [0.4, 0.5) is 0 Å². The van der Waals surface area contributed by atoms with Crippen molar-refractivity contribution in [3.05, 3.63) is 169 Å². The zero-order valence-electron chi connectivity index (χ0n) is 50.9. The number of hydrogen-bond acceptors (Lipinski definition) is 0. The molecule has 2 heterocycles. The van der Waals surface area contributed by atoms with Crippen molar-refractivity contribution in [3.63, 3.8) is 0 Å². The fourth-order valence-corrected chi connectivity index (χ4v) is 5.64. The Kier molecular flexibility index (Phi) is 2.15. The first kappa shape index (κ1) is 10.2. The minimum atomic E-state index is -1.06. The average molecular weight is 613 g/mol. The summed E-state index contributed by atoms with van der Waals surface area (Å²) in [5.41, 5.74) is -5.91. The van der Waals surface area contributed by atoms with Gasteiger partial charge in [0.05, 0.1) is 60.4 Å². The zero-order valence-corrected chi connectivity index (χ0v) is 22.9. The van der Waals surface area contributed by atoms with E-state index in [9.17, 15) is 15.1 Å². The van der Waals surface area contributed by atoms with Gasteiger partial charge >= 0.3 is 0 Å². The molecule has 10 rings (SSSR count). The lowest BCUT2D eigenvalue weighted by molar-refractivity contribution is 1.17. The van der Waals surface area contributed by atoms with Crippen LogP contribution in [0.15, 0.2) is 169 Å². The van der Waals surface area contributed by atoms with Crippen LogP contribution >= 0.6 is 0 Å². The first-order valence-corrected chi connectivity index (χ1v) is 13.6. The minimum absolute atomic E-state index is 0.511. The molecule has 214 valence electrons. The molecule has 0 spiro atoms. The summed E-state index contributed by atoms with van der Waals surface area (Å²) in [6.45, 7) is 0. The van der Waals surface area contributed by atoms with Crippen LogP contribution in [0.1, 0.15) is 38.4 Å². The number of benzene rings is 8. The Morgan fingerprint density at radius 1 is 0.326 bits per heavy atom. The van der Waals surface area contributed by atoms with Crippen LogP contribution in [0, 0.1) is 0 Å². The lowest BCUT2D eigenvalue weighted by atomic mass is 10.0. The molecule has 0 amide bonds. The van der Waals surface area contributed by atoms with Gasteiger partial charge in [-0.15, -0.1) is 0 Å². The molecule has 2 nitrogen and oxygen atoms in total. The quantitative estimate of drug-likeness (QED) is 0.188. The van der Waals surface area contributed by atoms with Crippen LogP contribution in [0.25, 0.3) is 87.7 Å². The molecular weight excluding hydrogens is 556 g/mol. The van der Waals surface area contributed by atoms with Gasteiger partial charge in [0, 0.05) is 32.9 Å². The van der Waals surface area contributed by atoms with Gasteiger partial charge in [0.15, 0.2) is 0 Å². The highest BCUT2D eigenvalue weighted by Crippen LogP contribution is 2.42. The van der Waals surface area contributed by atoms with Crippen LogP contribution in [0.5, 0.6) is 0 Å². The Bertz CT molecular complexity index is 4400. The van der Waals surface area contributed by atoms with Crippen molar-refractivity contribution in [2.75, 3.05) is 0 Å². The third-order valence-electron chi connectivity index (χ3n) is 7.55. The van der Waals surface area contributed by atoms with Gasteiger partial charge in [-0.3, -0.25) is 0 Å². The van der Waals surface area contributed by atoms with Crippen LogP contribution < -0.4 is 0 Å². The average Bonchev–Trinajstić information content (AvgIpc) is 3.90. The molecule has 10 aromatic rings. The molecule has 2 aromatic heterocycles. The third-order valence-corrected chi connectivity index (χ3v) is 7.55. The Hall–Kier alpha value is -6.12. The number of para-hydroxylation sites is 2. The summed E-state index contributed by atoms with van der Waals surface area (Å²) in [5, 5.41) is -4.50. The number of aromatic nitrogens is 2. The first-order valence-electron chi connectivity index (χ1n) is 27.6. The summed E-state index contributed by atoms with van der Waals surface area (Å²) in [7, 11) is 0. The SMILES string of the molecule is [2H]c1c([2H])c(-c2c([2H])c([2H])c3c([2H])c([2H])c([2H])c([2H])c3c2[2H])c([2H])c(-n2c3c([2H])c([2H])c([2H])c([2H])c3c3c4c5c([2H])c([2H])c([2H])c([2H])c5n(-c5c([2H])c([2H])c6c([2H])c([2H])c([2H])c([2H])c6c5[2H])c4c([2H])c([2H])c32)c1[2H]. The lowest BCUT2D eigenvalue weighted by Crippen LogP contribution is -1.95. The monoisotopic (exact) mass is 612 g/mol. The number of nitrogens with zero attached hydrogens (tertiary/aromatic N) is 2. The molecule has 0 unspecified atom stereocenters. The largest absolute Gasteiger partial charge is 0.309 e. The van der Waals surface area contributed by atoms with E-state index in [-0.39, 0.29) is 0 Å². The predicted octanol–water partition coefficient (Wildman–Crippen LogP) is 11.9. The zero-order chi connectivity index (χ0) is 54.6. The second-order valence-corrected chi connectivity index (χ2v) is 10.0. The van der Waals surface area contributed by atoms with Gasteiger partial charge in [-0.05, 0) is 87.1 Å². The van der Waals surface area contributed by atoms with Gasteiger partial charge in [0.25, 0.3) is 0 Å². The molecule has 0 aliphatic heterocycles. The van der Waals surface area contributed by atoms with E-state index in [4.69, 9.17) is 23.3 Å².